The van der Waals surface area contributed by atoms with E-state index in [0.717, 1.165) is 22.0 Å². The van der Waals surface area contributed by atoms with Gasteiger partial charge in [0.1, 0.15) is 0 Å². The molecule has 23 heavy (non-hydrogen) atoms. The van der Waals surface area contributed by atoms with E-state index >= 15 is 0 Å². The molecule has 3 rings (SSSR count). The Morgan fingerprint density at radius 1 is 1.17 bits per heavy atom. The predicted octanol–water partition coefficient (Wildman–Crippen LogP) is 3.86. The van der Waals surface area contributed by atoms with Crippen molar-refractivity contribution in [2.24, 2.45) is 0 Å². The molecule has 1 N–H and O–H groups in total. The lowest BCUT2D eigenvalue weighted by Gasteiger charge is -2.14. The number of nitrogens with zero attached hydrogens (tertiary/aromatic N) is 1. The average Bonchev–Trinajstić information content (AvgIpc) is 2.75. The zero-order valence-electron chi connectivity index (χ0n) is 13.7. The Hall–Kier alpha value is -1.72. The third-order valence-electron chi connectivity index (χ3n) is 4.48. The summed E-state index contributed by atoms with van der Waals surface area (Å²) in [6.07, 6.45) is 2.99. The van der Waals surface area contributed by atoms with Crippen LogP contribution in [0.1, 0.15) is 39.2 Å². The summed E-state index contributed by atoms with van der Waals surface area (Å²) in [5.41, 5.74) is 1.68. The van der Waals surface area contributed by atoms with Gasteiger partial charge in [0.2, 0.25) is 5.69 Å². The van der Waals surface area contributed by atoms with Crippen LogP contribution in [-0.4, -0.2) is 29.1 Å². The highest BCUT2D eigenvalue weighted by molar-refractivity contribution is 7.86. The van der Waals surface area contributed by atoms with E-state index in [1.54, 1.807) is 4.58 Å². The molecule has 2 aromatic rings. The summed E-state index contributed by atoms with van der Waals surface area (Å²) in [5.74, 6) is 0. The summed E-state index contributed by atoms with van der Waals surface area (Å²) in [4.78, 5) is 0. The van der Waals surface area contributed by atoms with E-state index in [9.17, 15) is 13.0 Å². The largest absolute Gasteiger partial charge is 0.329 e. The molecule has 1 heterocycles. The van der Waals surface area contributed by atoms with Gasteiger partial charge in [-0.3, -0.25) is 4.55 Å². The minimum atomic E-state index is -4.16. The van der Waals surface area contributed by atoms with Crippen LogP contribution in [-0.2, 0) is 15.5 Å². The van der Waals surface area contributed by atoms with E-state index < -0.39 is 15.5 Å². The maximum Gasteiger partial charge on any atom is 0.329 e. The van der Waals surface area contributed by atoms with Gasteiger partial charge >= 0.3 is 10.1 Å². The number of hydrogen-bond acceptors (Lipinski definition) is 2. The first-order valence-corrected chi connectivity index (χ1v) is 9.39. The standard InChI is InChI=1S/C18H21NO3S/c1-4-7-16(23(20,21)22)19-12-18(2,3)17-14-9-6-5-8-13(14)10-11-15(17)19/h5-6,8-12,16H,4,7H2,1-3H3/p+1. The third kappa shape index (κ3) is 2.68. The SMILES string of the molecule is CCCC([N+]1=CC(C)(C)c2c1ccc1ccccc21)S(=O)(=O)O. The van der Waals surface area contributed by atoms with Gasteiger partial charge in [0.05, 0.1) is 5.41 Å². The zero-order valence-corrected chi connectivity index (χ0v) is 14.5. The normalized spacial score (nSPS) is 17.8. The molecule has 0 saturated carbocycles. The van der Waals surface area contributed by atoms with Crippen LogP contribution in [0.25, 0.3) is 10.8 Å². The van der Waals surface area contributed by atoms with Gasteiger partial charge in [-0.25, -0.2) is 0 Å². The van der Waals surface area contributed by atoms with Crippen molar-refractivity contribution < 1.29 is 17.5 Å². The molecule has 1 atom stereocenters. The Labute approximate surface area is 137 Å². The molecule has 0 spiro atoms. The molecule has 0 amide bonds. The molecule has 0 radical (unpaired) electrons. The maximum absolute atomic E-state index is 11.9. The lowest BCUT2D eigenvalue weighted by molar-refractivity contribution is -0.453. The van der Waals surface area contributed by atoms with E-state index in [2.05, 4.69) is 26.0 Å². The summed E-state index contributed by atoms with van der Waals surface area (Å²) >= 11 is 0. The zero-order chi connectivity index (χ0) is 16.8. The number of rotatable bonds is 4. The molecule has 1 aliphatic rings. The van der Waals surface area contributed by atoms with E-state index in [1.165, 1.54) is 0 Å². The summed E-state index contributed by atoms with van der Waals surface area (Å²) < 4.78 is 35.2. The molecular weight excluding hydrogens is 310 g/mol. The Kier molecular flexibility index (Phi) is 3.81. The number of benzene rings is 2. The van der Waals surface area contributed by atoms with E-state index in [0.29, 0.717) is 12.8 Å². The molecule has 0 fully saturated rings. The topological polar surface area (TPSA) is 57.4 Å². The average molecular weight is 332 g/mol. The van der Waals surface area contributed by atoms with Gasteiger partial charge in [0.25, 0.3) is 5.37 Å². The van der Waals surface area contributed by atoms with Crippen molar-refractivity contribution in [2.45, 2.75) is 44.4 Å². The first kappa shape index (κ1) is 16.1. The van der Waals surface area contributed by atoms with Crippen molar-refractivity contribution in [1.29, 1.82) is 0 Å². The number of fused-ring (bicyclic) bond motifs is 3. The van der Waals surface area contributed by atoms with Gasteiger partial charge in [-0.1, -0.05) is 31.2 Å². The van der Waals surface area contributed by atoms with Crippen LogP contribution in [0.5, 0.6) is 0 Å². The first-order chi connectivity index (χ1) is 10.8. The maximum atomic E-state index is 11.9. The van der Waals surface area contributed by atoms with Crippen molar-refractivity contribution in [1.82, 2.24) is 0 Å². The fourth-order valence-electron chi connectivity index (χ4n) is 3.55. The fourth-order valence-corrected chi connectivity index (χ4v) is 4.55. The second kappa shape index (κ2) is 5.42. The molecule has 0 aliphatic carbocycles. The lowest BCUT2D eigenvalue weighted by atomic mass is 9.84. The molecule has 1 aliphatic heterocycles. The van der Waals surface area contributed by atoms with Crippen LogP contribution < -0.4 is 0 Å². The summed E-state index contributed by atoms with van der Waals surface area (Å²) in [5, 5.41) is 1.32. The third-order valence-corrected chi connectivity index (χ3v) is 5.63. The van der Waals surface area contributed by atoms with Gasteiger partial charge in [-0.05, 0) is 37.1 Å². The van der Waals surface area contributed by atoms with Crippen LogP contribution in [0, 0.1) is 0 Å². The Morgan fingerprint density at radius 3 is 2.52 bits per heavy atom. The minimum Gasteiger partial charge on any atom is -0.280 e. The van der Waals surface area contributed by atoms with Crippen LogP contribution in [0.3, 0.4) is 0 Å². The van der Waals surface area contributed by atoms with Crippen LogP contribution in [0.4, 0.5) is 5.69 Å². The molecule has 0 aromatic heterocycles. The van der Waals surface area contributed by atoms with Crippen molar-refractivity contribution in [3.8, 4) is 0 Å². The summed E-state index contributed by atoms with van der Waals surface area (Å²) in [6.45, 7) is 6.07. The molecule has 2 aromatic carbocycles. The predicted molar refractivity (Wildman–Crippen MR) is 93.2 cm³/mol. The van der Waals surface area contributed by atoms with Gasteiger partial charge in [-0.2, -0.15) is 13.0 Å². The van der Waals surface area contributed by atoms with Crippen molar-refractivity contribution >= 4 is 32.8 Å². The molecule has 1 unspecified atom stereocenters. The summed E-state index contributed by atoms with van der Waals surface area (Å²) in [7, 11) is -4.16. The Morgan fingerprint density at radius 2 is 1.87 bits per heavy atom. The lowest BCUT2D eigenvalue weighted by Crippen LogP contribution is -2.31. The molecule has 0 bridgehead atoms. The molecule has 5 heteroatoms. The van der Waals surface area contributed by atoms with Gasteiger partial charge in [0, 0.05) is 18.1 Å². The summed E-state index contributed by atoms with van der Waals surface area (Å²) in [6, 6.07) is 12.1. The highest BCUT2D eigenvalue weighted by atomic mass is 32.2. The molecule has 4 nitrogen and oxygen atoms in total. The minimum absolute atomic E-state index is 0.299. The molecular formula is C18H22NO3S+. The van der Waals surface area contributed by atoms with E-state index in [4.69, 9.17) is 0 Å². The smallest absolute Gasteiger partial charge is 0.280 e. The fraction of sp³-hybridized carbons (Fsp3) is 0.389. The molecule has 122 valence electrons. The number of hydrogen-bond donors (Lipinski definition) is 1. The van der Waals surface area contributed by atoms with Crippen LogP contribution in [0.15, 0.2) is 36.4 Å². The second-order valence-electron chi connectivity index (χ2n) is 6.70. The van der Waals surface area contributed by atoms with Crippen molar-refractivity contribution in [3.05, 3.63) is 42.0 Å². The van der Waals surface area contributed by atoms with Crippen LogP contribution in [0.2, 0.25) is 0 Å². The van der Waals surface area contributed by atoms with Gasteiger partial charge in [-0.15, -0.1) is 0 Å². The van der Waals surface area contributed by atoms with E-state index in [-0.39, 0.29) is 5.41 Å². The first-order valence-electron chi connectivity index (χ1n) is 7.88. The van der Waals surface area contributed by atoms with Crippen molar-refractivity contribution in [3.63, 3.8) is 0 Å². The highest BCUT2D eigenvalue weighted by Crippen LogP contribution is 2.42. The quantitative estimate of drug-likeness (QED) is 0.683. The van der Waals surface area contributed by atoms with Gasteiger partial charge in [0.15, 0.2) is 6.21 Å². The molecule has 0 saturated heterocycles. The van der Waals surface area contributed by atoms with Crippen molar-refractivity contribution in [2.75, 3.05) is 0 Å². The second-order valence-corrected chi connectivity index (χ2v) is 8.27. The Balaban J connectivity index is 2.27. The van der Waals surface area contributed by atoms with Gasteiger partial charge < -0.3 is 0 Å². The monoisotopic (exact) mass is 332 g/mol. The van der Waals surface area contributed by atoms with E-state index in [1.807, 2.05) is 37.4 Å². The highest BCUT2D eigenvalue weighted by Gasteiger charge is 2.45. The Bertz CT molecular complexity index is 898. The van der Waals surface area contributed by atoms with Crippen LogP contribution >= 0.6 is 0 Å².